The van der Waals surface area contributed by atoms with Gasteiger partial charge in [-0.25, -0.2) is 4.79 Å². The van der Waals surface area contributed by atoms with Crippen LogP contribution >= 0.6 is 0 Å². The van der Waals surface area contributed by atoms with Crippen LogP contribution in [0.3, 0.4) is 0 Å². The molecule has 1 aliphatic rings. The van der Waals surface area contributed by atoms with Gasteiger partial charge in [-0.2, -0.15) is 0 Å². The van der Waals surface area contributed by atoms with Crippen molar-refractivity contribution in [3.63, 3.8) is 0 Å². The number of likely N-dealkylation sites (tertiary alicyclic amines) is 1. The number of nitrogens with zero attached hydrogens (tertiary/aromatic N) is 2. The molecule has 26 nitrogen and oxygen atoms in total. The molecule has 1 heterocycles. The largest absolute Gasteiger partial charge is 0.478 e. The Morgan fingerprint density at radius 2 is 1.38 bits per heavy atom. The molecule has 26 heteroatoms. The van der Waals surface area contributed by atoms with Gasteiger partial charge < -0.3 is 87.1 Å². The number of ketones is 1. The standard InChI is InChI=1S/C52H89N15O11/c1-31(62-48(75)43(41(69)29-56)66-45(72)35(57)13-5-7-23-53)44(71)61-30-42(70)63-37(15-9-25-55)49(76)67-27-11-16-39(67)47(74)65-38(28-32-17-20-34(21-18-32)52(2,3)4)46(73)64-36(14-6-8-24-54)40(68)22-19-33(50(77)78)12-10-26-60-51(58)59/h12,17-18,20-21,31,35-39,41,43,69H,5-11,13-16,19,22-30,53-57H2,1-4H3,(H,61,71)(H,62,75)(H,63,70)(H,64,73)(H,65,74)(H,66,72)(H,77,78)(H4,58,59,60)/b33-12+/t31-,35-,36-,37+,38-,39-,41-,43-/m0/s1. The molecule has 0 unspecified atom stereocenters. The number of hydrogen-bond donors (Lipinski definition) is 15. The number of nitrogens with one attached hydrogen (secondary N) is 6. The molecule has 0 aliphatic carbocycles. The Balaban J connectivity index is 2.30. The van der Waals surface area contributed by atoms with Gasteiger partial charge in [-0.3, -0.25) is 43.3 Å². The van der Waals surface area contributed by atoms with E-state index in [2.05, 4.69) is 57.7 Å². The molecule has 1 aromatic rings. The molecule has 22 N–H and O–H groups in total. The normalized spacial score (nSPS) is 16.3. The average Bonchev–Trinajstić information content (AvgIpc) is 3.90. The molecule has 1 fully saturated rings. The minimum Gasteiger partial charge on any atom is -0.478 e. The third-order valence-corrected chi connectivity index (χ3v) is 13.1. The number of Topliss-reactive ketones (excluding diaryl/α,β-unsaturated/α-hetero) is 1. The van der Waals surface area contributed by atoms with Gasteiger partial charge in [0.15, 0.2) is 11.7 Å². The number of nitrogens with two attached hydrogens (primary N) is 7. The molecule has 78 heavy (non-hydrogen) atoms. The number of aliphatic carboxylic acids is 1. The molecule has 8 atom stereocenters. The smallest absolute Gasteiger partial charge is 0.331 e. The van der Waals surface area contributed by atoms with Crippen LogP contribution in [0, 0.1) is 0 Å². The maximum Gasteiger partial charge on any atom is 0.331 e. The molecule has 0 bridgehead atoms. The topological polar surface area (TPSA) is 464 Å². The summed E-state index contributed by atoms with van der Waals surface area (Å²) in [5.74, 6) is -7.02. The minimum atomic E-state index is -1.56. The van der Waals surface area contributed by atoms with Crippen molar-refractivity contribution in [2.24, 2.45) is 45.1 Å². The van der Waals surface area contributed by atoms with Gasteiger partial charge in [0.05, 0.1) is 24.7 Å². The van der Waals surface area contributed by atoms with E-state index in [0.29, 0.717) is 50.8 Å². The van der Waals surface area contributed by atoms with Crippen molar-refractivity contribution < 1.29 is 53.4 Å². The zero-order chi connectivity index (χ0) is 58.5. The zero-order valence-corrected chi connectivity index (χ0v) is 45.9. The number of hydrogen-bond acceptors (Lipinski definition) is 16. The summed E-state index contributed by atoms with van der Waals surface area (Å²) in [5, 5.41) is 35.7. The number of aliphatic imine (C=N–C) groups is 1. The summed E-state index contributed by atoms with van der Waals surface area (Å²) < 4.78 is 0. The molecule has 0 spiro atoms. The van der Waals surface area contributed by atoms with Gasteiger partial charge in [0.2, 0.25) is 41.4 Å². The van der Waals surface area contributed by atoms with Crippen LogP contribution in [0.2, 0.25) is 0 Å². The van der Waals surface area contributed by atoms with Crippen molar-refractivity contribution >= 4 is 59.1 Å². The quantitative estimate of drug-likeness (QED) is 0.0136. The van der Waals surface area contributed by atoms with E-state index >= 15 is 0 Å². The van der Waals surface area contributed by atoms with Crippen molar-refractivity contribution in [1.29, 1.82) is 0 Å². The number of carbonyl (C=O) groups excluding carboxylic acids is 8. The van der Waals surface area contributed by atoms with E-state index in [9.17, 15) is 53.4 Å². The van der Waals surface area contributed by atoms with Gasteiger partial charge in [0, 0.05) is 38.0 Å². The van der Waals surface area contributed by atoms with Crippen molar-refractivity contribution in [3.8, 4) is 0 Å². The molecule has 0 radical (unpaired) electrons. The summed E-state index contributed by atoms with van der Waals surface area (Å²) in [4.78, 5) is 126. The first kappa shape index (κ1) is 67.5. The molecule has 1 aromatic carbocycles. The zero-order valence-electron chi connectivity index (χ0n) is 45.9. The highest BCUT2D eigenvalue weighted by Crippen LogP contribution is 2.24. The molecule has 438 valence electrons. The summed E-state index contributed by atoms with van der Waals surface area (Å²) in [5.41, 5.74) is 40.8. The maximum atomic E-state index is 14.4. The molecule has 7 amide bonds. The van der Waals surface area contributed by atoms with Crippen LogP contribution in [0.25, 0.3) is 0 Å². The first-order valence-electron chi connectivity index (χ1n) is 26.8. The van der Waals surface area contributed by atoms with E-state index in [-0.39, 0.29) is 94.4 Å². The first-order chi connectivity index (χ1) is 36.9. The second kappa shape index (κ2) is 35.0. The van der Waals surface area contributed by atoms with Crippen LogP contribution < -0.4 is 72.0 Å². The number of rotatable bonds is 36. The summed E-state index contributed by atoms with van der Waals surface area (Å²) >= 11 is 0. The number of amides is 7. The molecule has 0 saturated carbocycles. The Labute approximate surface area is 457 Å². The fourth-order valence-corrected chi connectivity index (χ4v) is 8.48. The van der Waals surface area contributed by atoms with Crippen molar-refractivity contribution in [1.82, 2.24) is 36.8 Å². The van der Waals surface area contributed by atoms with Gasteiger partial charge in [0.1, 0.15) is 30.2 Å². The molecular weight excluding hydrogens is 1010 g/mol. The Bertz CT molecular complexity index is 2200. The van der Waals surface area contributed by atoms with E-state index < -0.39 is 115 Å². The summed E-state index contributed by atoms with van der Waals surface area (Å²) in [6, 6.07) is -0.889. The number of guanidine groups is 1. The summed E-state index contributed by atoms with van der Waals surface area (Å²) in [7, 11) is 0. The van der Waals surface area contributed by atoms with Crippen LogP contribution in [0.15, 0.2) is 40.9 Å². The minimum absolute atomic E-state index is 0.00522. The van der Waals surface area contributed by atoms with Crippen LogP contribution in [-0.4, -0.2) is 168 Å². The Morgan fingerprint density at radius 1 is 0.756 bits per heavy atom. The highest BCUT2D eigenvalue weighted by atomic mass is 16.4. The van der Waals surface area contributed by atoms with Crippen molar-refractivity contribution in [3.05, 3.63) is 47.0 Å². The van der Waals surface area contributed by atoms with E-state index in [4.69, 9.17) is 40.1 Å². The summed E-state index contributed by atoms with van der Waals surface area (Å²) in [6.45, 7) is 7.57. The van der Waals surface area contributed by atoms with Crippen LogP contribution in [-0.2, 0) is 55.0 Å². The van der Waals surface area contributed by atoms with E-state index in [0.717, 1.165) is 5.56 Å². The maximum absolute atomic E-state index is 14.4. The number of carbonyl (C=O) groups is 9. The third-order valence-electron chi connectivity index (χ3n) is 13.1. The van der Waals surface area contributed by atoms with Gasteiger partial charge in [-0.1, -0.05) is 57.5 Å². The Morgan fingerprint density at radius 3 is 1.97 bits per heavy atom. The predicted octanol–water partition coefficient (Wildman–Crippen LogP) is -3.25. The molecule has 2 rings (SSSR count). The number of carboxylic acid groups (broad SMARTS) is 1. The lowest BCUT2D eigenvalue weighted by Gasteiger charge is -2.30. The fourth-order valence-electron chi connectivity index (χ4n) is 8.48. The highest BCUT2D eigenvalue weighted by molar-refractivity contribution is 5.98. The number of unbranched alkanes of at least 4 members (excludes halogenated alkanes) is 2. The lowest BCUT2D eigenvalue weighted by atomic mass is 9.86. The van der Waals surface area contributed by atoms with E-state index in [1.165, 1.54) is 17.9 Å². The Hall–Kier alpha value is -6.58. The second-order valence-corrected chi connectivity index (χ2v) is 20.5. The number of benzene rings is 1. The monoisotopic (exact) mass is 1100 g/mol. The van der Waals surface area contributed by atoms with Crippen LogP contribution in [0.4, 0.5) is 0 Å². The van der Waals surface area contributed by atoms with Crippen LogP contribution in [0.5, 0.6) is 0 Å². The Kier molecular flexibility index (Phi) is 30.3. The van der Waals surface area contributed by atoms with E-state index in [1.54, 1.807) is 0 Å². The van der Waals surface area contributed by atoms with Gasteiger partial charge >= 0.3 is 5.97 Å². The predicted molar refractivity (Wildman–Crippen MR) is 294 cm³/mol. The van der Waals surface area contributed by atoms with Crippen molar-refractivity contribution in [2.45, 2.75) is 171 Å². The molecular formula is C52H89N15O11. The number of aliphatic hydroxyl groups is 1. The fraction of sp³-hybridized carbons (Fsp3) is 0.654. The SMILES string of the molecule is C[C@H](NC(=O)[C@@H](NC(=O)[C@@H](N)CCCCN)[C@@H](O)CN)C(=O)NCC(=O)N[C@H](CCCN)C(=O)N1CCC[C@H]1C(=O)N[C@@H](Cc1ccc(C(C)(C)C)cc1)C(=O)N[C@@H](CCCCN)C(=O)CC/C(=C\CCN=C(N)N)C(=O)O. The molecule has 0 aromatic heterocycles. The lowest BCUT2D eigenvalue weighted by Crippen LogP contribution is -2.60. The summed E-state index contributed by atoms with van der Waals surface area (Å²) in [6.07, 6.45) is 3.36. The number of aliphatic hydroxyl groups excluding tert-OH is 1. The average molecular weight is 1100 g/mol. The van der Waals surface area contributed by atoms with Gasteiger partial charge in [0.25, 0.3) is 0 Å². The lowest BCUT2D eigenvalue weighted by molar-refractivity contribution is -0.142. The second-order valence-electron chi connectivity index (χ2n) is 20.5. The third kappa shape index (κ3) is 24.0. The molecule has 1 aliphatic heterocycles. The van der Waals surface area contributed by atoms with Crippen LogP contribution in [0.1, 0.15) is 122 Å². The van der Waals surface area contributed by atoms with Gasteiger partial charge in [-0.15, -0.1) is 0 Å². The van der Waals surface area contributed by atoms with Crippen molar-refractivity contribution in [2.75, 3.05) is 45.8 Å². The molecule has 1 saturated heterocycles. The number of carboxylic acids is 1. The van der Waals surface area contributed by atoms with E-state index in [1.807, 2.05) is 24.3 Å². The van der Waals surface area contributed by atoms with Gasteiger partial charge in [-0.05, 0) is 114 Å². The highest BCUT2D eigenvalue weighted by Gasteiger charge is 2.39. The first-order valence-corrected chi connectivity index (χ1v) is 26.8.